The SMILES string of the molecule is CCC(N)CC(=O)N(C)CC1CC2CCC1C2. The van der Waals surface area contributed by atoms with E-state index in [0.29, 0.717) is 6.42 Å². The number of hydrogen-bond donors (Lipinski definition) is 1. The van der Waals surface area contributed by atoms with Crippen LogP contribution in [0.25, 0.3) is 0 Å². The molecule has 0 aromatic carbocycles. The summed E-state index contributed by atoms with van der Waals surface area (Å²) in [5.41, 5.74) is 5.83. The average molecular weight is 238 g/mol. The minimum Gasteiger partial charge on any atom is -0.345 e. The summed E-state index contributed by atoms with van der Waals surface area (Å²) in [5, 5.41) is 0. The van der Waals surface area contributed by atoms with Crippen molar-refractivity contribution in [2.45, 2.75) is 51.5 Å². The maximum absolute atomic E-state index is 12.0. The maximum Gasteiger partial charge on any atom is 0.223 e. The van der Waals surface area contributed by atoms with Crippen molar-refractivity contribution in [2.75, 3.05) is 13.6 Å². The van der Waals surface area contributed by atoms with Crippen LogP contribution in [0.5, 0.6) is 0 Å². The Balaban J connectivity index is 1.77. The van der Waals surface area contributed by atoms with Crippen LogP contribution in [0.4, 0.5) is 0 Å². The van der Waals surface area contributed by atoms with Gasteiger partial charge in [0.05, 0.1) is 0 Å². The monoisotopic (exact) mass is 238 g/mol. The molecule has 4 atom stereocenters. The van der Waals surface area contributed by atoms with Crippen molar-refractivity contribution in [1.29, 1.82) is 0 Å². The second-order valence-corrected chi connectivity index (χ2v) is 6.08. The second kappa shape index (κ2) is 5.38. The smallest absolute Gasteiger partial charge is 0.223 e. The molecule has 1 amide bonds. The molecule has 0 spiro atoms. The molecule has 17 heavy (non-hydrogen) atoms. The summed E-state index contributed by atoms with van der Waals surface area (Å²) >= 11 is 0. The van der Waals surface area contributed by atoms with Gasteiger partial charge in [0, 0.05) is 26.1 Å². The molecule has 0 aliphatic heterocycles. The molecular weight excluding hydrogens is 212 g/mol. The Morgan fingerprint density at radius 3 is 2.71 bits per heavy atom. The highest BCUT2D eigenvalue weighted by atomic mass is 16.2. The van der Waals surface area contributed by atoms with Gasteiger partial charge in [0.15, 0.2) is 0 Å². The second-order valence-electron chi connectivity index (χ2n) is 6.08. The normalized spacial score (nSPS) is 32.8. The van der Waals surface area contributed by atoms with Gasteiger partial charge in [0.1, 0.15) is 0 Å². The van der Waals surface area contributed by atoms with Crippen LogP contribution in [0.15, 0.2) is 0 Å². The lowest BCUT2D eigenvalue weighted by atomic mass is 9.88. The number of amides is 1. The zero-order chi connectivity index (χ0) is 12.4. The number of fused-ring (bicyclic) bond motifs is 2. The zero-order valence-corrected chi connectivity index (χ0v) is 11.2. The van der Waals surface area contributed by atoms with E-state index in [9.17, 15) is 4.79 Å². The van der Waals surface area contributed by atoms with Crippen molar-refractivity contribution < 1.29 is 4.79 Å². The van der Waals surface area contributed by atoms with Crippen molar-refractivity contribution in [3.8, 4) is 0 Å². The molecule has 0 saturated heterocycles. The summed E-state index contributed by atoms with van der Waals surface area (Å²) in [6.07, 6.45) is 6.98. The van der Waals surface area contributed by atoms with Gasteiger partial charge >= 0.3 is 0 Å². The predicted molar refractivity (Wildman–Crippen MR) is 69.5 cm³/mol. The first-order chi connectivity index (χ1) is 8.10. The molecule has 2 bridgehead atoms. The molecule has 2 saturated carbocycles. The molecular formula is C14H26N2O. The van der Waals surface area contributed by atoms with Crippen molar-refractivity contribution in [1.82, 2.24) is 4.90 Å². The molecule has 2 N–H and O–H groups in total. The third kappa shape index (κ3) is 3.01. The molecule has 2 fully saturated rings. The standard InChI is InChI=1S/C14H26N2O/c1-3-13(15)8-14(17)16(2)9-12-7-10-4-5-11(12)6-10/h10-13H,3-9,15H2,1-2H3. The molecule has 98 valence electrons. The molecule has 3 nitrogen and oxygen atoms in total. The van der Waals surface area contributed by atoms with E-state index in [1.807, 2.05) is 18.9 Å². The summed E-state index contributed by atoms with van der Waals surface area (Å²) in [6.45, 7) is 2.99. The van der Waals surface area contributed by atoms with Gasteiger partial charge in [-0.05, 0) is 43.4 Å². The largest absolute Gasteiger partial charge is 0.345 e. The lowest BCUT2D eigenvalue weighted by molar-refractivity contribution is -0.131. The highest BCUT2D eigenvalue weighted by Crippen LogP contribution is 2.48. The number of nitrogens with two attached hydrogens (primary N) is 1. The van der Waals surface area contributed by atoms with Gasteiger partial charge in [-0.2, -0.15) is 0 Å². The fraction of sp³-hybridized carbons (Fsp3) is 0.929. The van der Waals surface area contributed by atoms with Crippen LogP contribution in [0.1, 0.15) is 45.4 Å². The van der Waals surface area contributed by atoms with Gasteiger partial charge in [-0.3, -0.25) is 4.79 Å². The van der Waals surface area contributed by atoms with E-state index in [0.717, 1.165) is 30.7 Å². The first kappa shape index (κ1) is 12.9. The Hall–Kier alpha value is -0.570. The third-order valence-corrected chi connectivity index (χ3v) is 4.78. The maximum atomic E-state index is 12.0. The molecule has 2 aliphatic rings. The molecule has 0 aromatic heterocycles. The number of nitrogens with zero attached hydrogens (tertiary/aromatic N) is 1. The molecule has 2 aliphatic carbocycles. The van der Waals surface area contributed by atoms with Crippen LogP contribution in [-0.4, -0.2) is 30.4 Å². The topological polar surface area (TPSA) is 46.3 Å². The zero-order valence-electron chi connectivity index (χ0n) is 11.2. The Bertz CT molecular complexity index is 279. The van der Waals surface area contributed by atoms with E-state index >= 15 is 0 Å². The molecule has 0 aromatic rings. The minimum atomic E-state index is 0.0324. The van der Waals surface area contributed by atoms with Gasteiger partial charge in [-0.1, -0.05) is 13.3 Å². The highest BCUT2D eigenvalue weighted by molar-refractivity contribution is 5.76. The van der Waals surface area contributed by atoms with Crippen LogP contribution in [0, 0.1) is 17.8 Å². The van der Waals surface area contributed by atoms with E-state index in [2.05, 4.69) is 0 Å². The van der Waals surface area contributed by atoms with Gasteiger partial charge in [-0.15, -0.1) is 0 Å². The molecule has 0 radical (unpaired) electrons. The molecule has 2 rings (SSSR count). The van der Waals surface area contributed by atoms with Gasteiger partial charge in [0.25, 0.3) is 0 Å². The molecule has 4 unspecified atom stereocenters. The van der Waals surface area contributed by atoms with E-state index in [1.54, 1.807) is 0 Å². The van der Waals surface area contributed by atoms with E-state index in [-0.39, 0.29) is 11.9 Å². The van der Waals surface area contributed by atoms with Gasteiger partial charge in [-0.25, -0.2) is 0 Å². The summed E-state index contributed by atoms with van der Waals surface area (Å²) in [7, 11) is 1.94. The van der Waals surface area contributed by atoms with Crippen LogP contribution in [-0.2, 0) is 4.79 Å². The fourth-order valence-electron chi connectivity index (χ4n) is 3.58. The quantitative estimate of drug-likeness (QED) is 0.796. The van der Waals surface area contributed by atoms with Crippen LogP contribution >= 0.6 is 0 Å². The number of carbonyl (C=O) groups is 1. The number of hydrogen-bond acceptors (Lipinski definition) is 2. The molecule has 0 heterocycles. The van der Waals surface area contributed by atoms with E-state index < -0.39 is 0 Å². The van der Waals surface area contributed by atoms with Gasteiger partial charge < -0.3 is 10.6 Å². The number of rotatable bonds is 5. The van der Waals surface area contributed by atoms with Crippen LogP contribution < -0.4 is 5.73 Å². The van der Waals surface area contributed by atoms with Crippen molar-refractivity contribution in [2.24, 2.45) is 23.5 Å². The summed E-state index contributed by atoms with van der Waals surface area (Å²) in [6, 6.07) is 0.0324. The Kier molecular flexibility index (Phi) is 4.08. The minimum absolute atomic E-state index is 0.0324. The van der Waals surface area contributed by atoms with E-state index in [1.165, 1.54) is 25.7 Å². The highest BCUT2D eigenvalue weighted by Gasteiger charge is 2.40. The summed E-state index contributed by atoms with van der Waals surface area (Å²) < 4.78 is 0. The Morgan fingerprint density at radius 1 is 1.41 bits per heavy atom. The fourth-order valence-corrected chi connectivity index (χ4v) is 3.58. The Morgan fingerprint density at radius 2 is 2.18 bits per heavy atom. The van der Waals surface area contributed by atoms with Gasteiger partial charge in [0.2, 0.25) is 5.91 Å². The average Bonchev–Trinajstić information content (AvgIpc) is 2.90. The van der Waals surface area contributed by atoms with Crippen LogP contribution in [0.2, 0.25) is 0 Å². The first-order valence-corrected chi connectivity index (χ1v) is 7.09. The summed E-state index contributed by atoms with van der Waals surface area (Å²) in [4.78, 5) is 13.9. The Labute approximate surface area is 105 Å². The first-order valence-electron chi connectivity index (χ1n) is 7.09. The van der Waals surface area contributed by atoms with E-state index in [4.69, 9.17) is 5.73 Å². The van der Waals surface area contributed by atoms with Crippen LogP contribution in [0.3, 0.4) is 0 Å². The van der Waals surface area contributed by atoms with Crippen molar-refractivity contribution in [3.63, 3.8) is 0 Å². The molecule has 3 heteroatoms. The third-order valence-electron chi connectivity index (χ3n) is 4.78. The lowest BCUT2D eigenvalue weighted by Gasteiger charge is -2.27. The number of carbonyl (C=O) groups excluding carboxylic acids is 1. The summed E-state index contributed by atoms with van der Waals surface area (Å²) in [5.74, 6) is 2.85. The van der Waals surface area contributed by atoms with Crippen molar-refractivity contribution >= 4 is 5.91 Å². The van der Waals surface area contributed by atoms with Crippen molar-refractivity contribution in [3.05, 3.63) is 0 Å². The lowest BCUT2D eigenvalue weighted by Crippen LogP contribution is -2.37. The predicted octanol–water partition coefficient (Wildman–Crippen LogP) is 2.01.